The van der Waals surface area contributed by atoms with E-state index in [9.17, 15) is 14.9 Å². The molecular formula is C19H13ClN4O3S. The van der Waals surface area contributed by atoms with Crippen molar-refractivity contribution in [1.29, 1.82) is 0 Å². The predicted molar refractivity (Wildman–Crippen MR) is 109 cm³/mol. The number of hydrogen-bond acceptors (Lipinski definition) is 5. The van der Waals surface area contributed by atoms with Crippen LogP contribution in [0.2, 0.25) is 5.02 Å². The molecule has 1 N–H and O–H groups in total. The van der Waals surface area contributed by atoms with E-state index in [0.29, 0.717) is 5.69 Å². The molecule has 0 radical (unpaired) electrons. The maximum atomic E-state index is 12.5. The van der Waals surface area contributed by atoms with Crippen LogP contribution in [0, 0.1) is 17.0 Å². The van der Waals surface area contributed by atoms with Crippen molar-refractivity contribution in [2.24, 2.45) is 0 Å². The third-order valence-corrected chi connectivity index (χ3v) is 5.42. The second kappa shape index (κ2) is 7.06. The lowest BCUT2D eigenvalue weighted by molar-refractivity contribution is -0.385. The molecule has 28 heavy (non-hydrogen) atoms. The number of nitro groups is 1. The van der Waals surface area contributed by atoms with E-state index in [4.69, 9.17) is 11.6 Å². The first kappa shape index (κ1) is 18.1. The number of nitrogens with zero attached hydrogens (tertiary/aromatic N) is 3. The maximum Gasteiger partial charge on any atom is 0.282 e. The zero-order valence-corrected chi connectivity index (χ0v) is 16.1. The summed E-state index contributed by atoms with van der Waals surface area (Å²) in [5.41, 5.74) is 2.98. The molecular weight excluding hydrogens is 400 g/mol. The minimum Gasteiger partial charge on any atom is -0.322 e. The summed E-state index contributed by atoms with van der Waals surface area (Å²) < 4.78 is 2.02. The number of carbonyl (C=O) groups is 1. The number of nitrogens with one attached hydrogen (secondary N) is 1. The number of nitro benzene ring substituents is 1. The Bertz CT molecular complexity index is 1210. The number of amides is 1. The Labute approximate surface area is 168 Å². The van der Waals surface area contributed by atoms with Gasteiger partial charge in [-0.3, -0.25) is 19.3 Å². The molecule has 2 aromatic heterocycles. The summed E-state index contributed by atoms with van der Waals surface area (Å²) >= 11 is 7.45. The van der Waals surface area contributed by atoms with Gasteiger partial charge in [-0.15, -0.1) is 11.3 Å². The number of thiazole rings is 1. The van der Waals surface area contributed by atoms with E-state index < -0.39 is 10.8 Å². The monoisotopic (exact) mass is 412 g/mol. The molecule has 140 valence electrons. The largest absolute Gasteiger partial charge is 0.322 e. The number of benzene rings is 2. The van der Waals surface area contributed by atoms with Crippen LogP contribution in [0.1, 0.15) is 16.1 Å². The molecule has 0 atom stereocenters. The minimum atomic E-state index is -0.610. The van der Waals surface area contributed by atoms with E-state index in [1.165, 1.54) is 18.2 Å². The Hall–Kier alpha value is -3.23. The normalized spacial score (nSPS) is 10.9. The van der Waals surface area contributed by atoms with Crippen molar-refractivity contribution in [2.45, 2.75) is 6.92 Å². The van der Waals surface area contributed by atoms with E-state index in [-0.39, 0.29) is 16.3 Å². The average Bonchev–Trinajstić information content (AvgIpc) is 3.24. The molecule has 0 fully saturated rings. The highest BCUT2D eigenvalue weighted by Crippen LogP contribution is 2.26. The highest BCUT2D eigenvalue weighted by molar-refractivity contribution is 7.15. The molecule has 2 heterocycles. The van der Waals surface area contributed by atoms with Crippen molar-refractivity contribution in [1.82, 2.24) is 9.38 Å². The Kier molecular flexibility index (Phi) is 4.58. The second-order valence-electron chi connectivity index (χ2n) is 6.11. The minimum absolute atomic E-state index is 0.0913. The summed E-state index contributed by atoms with van der Waals surface area (Å²) in [6, 6.07) is 11.0. The fourth-order valence-electron chi connectivity index (χ4n) is 2.81. The van der Waals surface area contributed by atoms with E-state index >= 15 is 0 Å². The summed E-state index contributed by atoms with van der Waals surface area (Å²) in [5.74, 6) is -0.597. The highest BCUT2D eigenvalue weighted by Gasteiger charge is 2.20. The van der Waals surface area contributed by atoms with Gasteiger partial charge in [0, 0.05) is 39.6 Å². The lowest BCUT2D eigenvalue weighted by atomic mass is 10.1. The first-order valence-electron chi connectivity index (χ1n) is 8.21. The molecule has 0 unspecified atom stereocenters. The van der Waals surface area contributed by atoms with Crippen LogP contribution in [-0.2, 0) is 0 Å². The predicted octanol–water partition coefficient (Wildman–Crippen LogP) is 5.19. The van der Waals surface area contributed by atoms with Gasteiger partial charge in [0.1, 0.15) is 5.56 Å². The molecule has 0 aliphatic rings. The standard InChI is InChI=1S/C19H13ClN4O3S/c1-11-10-28-19-22-16(9-23(11)19)12-2-5-14(6-3-12)21-18(25)15-8-13(20)4-7-17(15)24(26)27/h2-10H,1H3,(H,21,25). The maximum absolute atomic E-state index is 12.5. The number of hydrogen-bond donors (Lipinski definition) is 1. The van der Waals surface area contributed by atoms with Crippen LogP contribution in [0.25, 0.3) is 16.2 Å². The van der Waals surface area contributed by atoms with Crippen molar-refractivity contribution in [3.63, 3.8) is 0 Å². The molecule has 0 aliphatic carbocycles. The Morgan fingerprint density at radius 3 is 2.68 bits per heavy atom. The van der Waals surface area contributed by atoms with Gasteiger partial charge in [0.25, 0.3) is 11.6 Å². The van der Waals surface area contributed by atoms with Gasteiger partial charge in [-0.05, 0) is 31.2 Å². The molecule has 0 bridgehead atoms. The lowest BCUT2D eigenvalue weighted by Crippen LogP contribution is -2.14. The Morgan fingerprint density at radius 2 is 2.00 bits per heavy atom. The van der Waals surface area contributed by atoms with E-state index in [2.05, 4.69) is 10.3 Å². The average molecular weight is 413 g/mol. The van der Waals surface area contributed by atoms with Crippen LogP contribution >= 0.6 is 22.9 Å². The first-order valence-corrected chi connectivity index (χ1v) is 9.47. The number of rotatable bonds is 4. The quantitative estimate of drug-likeness (QED) is 0.369. The summed E-state index contributed by atoms with van der Waals surface area (Å²) in [7, 11) is 0. The fraction of sp³-hybridized carbons (Fsp3) is 0.0526. The number of fused-ring (bicyclic) bond motifs is 1. The Balaban J connectivity index is 1.57. The summed E-state index contributed by atoms with van der Waals surface area (Å²) in [4.78, 5) is 28.5. The van der Waals surface area contributed by atoms with Gasteiger partial charge < -0.3 is 5.32 Å². The zero-order chi connectivity index (χ0) is 19.8. The SMILES string of the molecule is Cc1csc2nc(-c3ccc(NC(=O)c4cc(Cl)ccc4[N+](=O)[O-])cc3)cn12. The lowest BCUT2D eigenvalue weighted by Gasteiger charge is -2.07. The van der Waals surface area contributed by atoms with Gasteiger partial charge in [-0.2, -0.15) is 0 Å². The van der Waals surface area contributed by atoms with Gasteiger partial charge in [0.05, 0.1) is 10.6 Å². The van der Waals surface area contributed by atoms with Crippen LogP contribution in [-0.4, -0.2) is 20.2 Å². The highest BCUT2D eigenvalue weighted by atomic mass is 35.5. The molecule has 0 saturated heterocycles. The fourth-order valence-corrected chi connectivity index (χ4v) is 3.83. The molecule has 0 saturated carbocycles. The van der Waals surface area contributed by atoms with Crippen molar-refractivity contribution in [2.75, 3.05) is 5.32 Å². The molecule has 0 spiro atoms. The molecule has 1 amide bonds. The molecule has 7 nitrogen and oxygen atoms in total. The summed E-state index contributed by atoms with van der Waals surface area (Å²) in [6.45, 7) is 2.02. The number of carbonyl (C=O) groups excluding carboxylic acids is 1. The van der Waals surface area contributed by atoms with Crippen molar-refractivity contribution < 1.29 is 9.72 Å². The third-order valence-electron chi connectivity index (χ3n) is 4.23. The van der Waals surface area contributed by atoms with Crippen LogP contribution in [0.15, 0.2) is 54.0 Å². The van der Waals surface area contributed by atoms with E-state index in [1.54, 1.807) is 23.5 Å². The summed E-state index contributed by atoms with van der Waals surface area (Å²) in [6.07, 6.45) is 1.96. The van der Waals surface area contributed by atoms with Crippen molar-refractivity contribution >= 4 is 45.2 Å². The van der Waals surface area contributed by atoms with Gasteiger partial charge in [0.2, 0.25) is 0 Å². The number of anilines is 1. The van der Waals surface area contributed by atoms with Crippen LogP contribution in [0.5, 0.6) is 0 Å². The molecule has 4 rings (SSSR count). The van der Waals surface area contributed by atoms with Gasteiger partial charge >= 0.3 is 0 Å². The van der Waals surface area contributed by atoms with Gasteiger partial charge in [0.15, 0.2) is 4.96 Å². The van der Waals surface area contributed by atoms with Gasteiger partial charge in [-0.1, -0.05) is 23.7 Å². The summed E-state index contributed by atoms with van der Waals surface area (Å²) in [5, 5.41) is 16.1. The smallest absolute Gasteiger partial charge is 0.282 e. The topological polar surface area (TPSA) is 89.5 Å². The van der Waals surface area contributed by atoms with Gasteiger partial charge in [-0.25, -0.2) is 4.98 Å². The van der Waals surface area contributed by atoms with Crippen LogP contribution < -0.4 is 5.32 Å². The van der Waals surface area contributed by atoms with Crippen molar-refractivity contribution in [3.05, 3.63) is 80.4 Å². The Morgan fingerprint density at radius 1 is 1.25 bits per heavy atom. The first-order chi connectivity index (χ1) is 13.4. The number of halogens is 1. The van der Waals surface area contributed by atoms with Crippen LogP contribution in [0.4, 0.5) is 11.4 Å². The number of aromatic nitrogens is 2. The van der Waals surface area contributed by atoms with E-state index in [0.717, 1.165) is 21.9 Å². The molecule has 0 aliphatic heterocycles. The molecule has 2 aromatic carbocycles. The van der Waals surface area contributed by atoms with Crippen LogP contribution in [0.3, 0.4) is 0 Å². The zero-order valence-electron chi connectivity index (χ0n) is 14.5. The number of aryl methyl sites for hydroxylation is 1. The third kappa shape index (κ3) is 3.35. The molecule has 9 heteroatoms. The van der Waals surface area contributed by atoms with E-state index in [1.807, 2.05) is 35.0 Å². The number of imidazole rings is 1. The van der Waals surface area contributed by atoms with Crippen molar-refractivity contribution in [3.8, 4) is 11.3 Å². The molecule has 4 aromatic rings. The second-order valence-corrected chi connectivity index (χ2v) is 7.38.